The lowest BCUT2D eigenvalue weighted by molar-refractivity contribution is 0.0205. The number of hydrogen-bond acceptors (Lipinski definition) is 5. The fraction of sp³-hybridized carbons (Fsp3) is 0.947. The van der Waals surface area contributed by atoms with Crippen molar-refractivity contribution in [3.63, 3.8) is 0 Å². The Morgan fingerprint density at radius 2 is 1.96 bits per heavy atom. The van der Waals surface area contributed by atoms with Gasteiger partial charge < -0.3 is 29.7 Å². The van der Waals surface area contributed by atoms with E-state index in [0.29, 0.717) is 5.92 Å². The van der Waals surface area contributed by atoms with Crippen molar-refractivity contribution in [3.05, 3.63) is 0 Å². The third-order valence-corrected chi connectivity index (χ3v) is 4.44. The van der Waals surface area contributed by atoms with Crippen LogP contribution in [0.25, 0.3) is 0 Å². The standard InChI is InChI=1S/C19H40N4O3/c1-4-20-19(21-9-5-11-23(2)12-16-24-3)22-10-6-13-26-17-18-7-14-25-15-8-18/h18H,4-17H2,1-3H3,(H2,20,21,22). The number of hydrogen-bond donors (Lipinski definition) is 2. The van der Waals surface area contributed by atoms with E-state index in [-0.39, 0.29) is 0 Å². The van der Waals surface area contributed by atoms with Crippen molar-refractivity contribution in [2.24, 2.45) is 10.9 Å². The predicted octanol–water partition coefficient (Wildman–Crippen LogP) is 1.34. The zero-order chi connectivity index (χ0) is 18.9. The molecule has 1 fully saturated rings. The smallest absolute Gasteiger partial charge is 0.191 e. The Morgan fingerprint density at radius 3 is 2.69 bits per heavy atom. The molecule has 1 heterocycles. The molecule has 1 aliphatic heterocycles. The summed E-state index contributed by atoms with van der Waals surface area (Å²) < 4.78 is 16.3. The summed E-state index contributed by atoms with van der Waals surface area (Å²) in [6, 6.07) is 0. The summed E-state index contributed by atoms with van der Waals surface area (Å²) in [4.78, 5) is 6.91. The first kappa shape index (κ1) is 23.1. The first-order valence-electron chi connectivity index (χ1n) is 10.1. The molecule has 2 N–H and O–H groups in total. The van der Waals surface area contributed by atoms with Gasteiger partial charge in [-0.05, 0) is 52.1 Å². The lowest BCUT2D eigenvalue weighted by atomic mass is 10.0. The highest BCUT2D eigenvalue weighted by Gasteiger charge is 2.13. The van der Waals surface area contributed by atoms with Gasteiger partial charge in [0.05, 0.1) is 6.61 Å². The summed E-state index contributed by atoms with van der Waals surface area (Å²) in [6.07, 6.45) is 4.30. The molecule has 1 aliphatic rings. The molecule has 0 aromatic rings. The minimum absolute atomic E-state index is 0.674. The number of rotatable bonds is 14. The average molecular weight is 373 g/mol. The van der Waals surface area contributed by atoms with Crippen molar-refractivity contribution >= 4 is 5.96 Å². The Bertz CT molecular complexity index is 350. The van der Waals surface area contributed by atoms with Crippen molar-refractivity contribution < 1.29 is 14.2 Å². The van der Waals surface area contributed by atoms with Crippen molar-refractivity contribution in [1.29, 1.82) is 0 Å². The van der Waals surface area contributed by atoms with Crippen LogP contribution >= 0.6 is 0 Å². The molecular weight excluding hydrogens is 332 g/mol. The summed E-state index contributed by atoms with van der Waals surface area (Å²) in [5.74, 6) is 1.57. The summed E-state index contributed by atoms with van der Waals surface area (Å²) in [5.41, 5.74) is 0. The predicted molar refractivity (Wildman–Crippen MR) is 107 cm³/mol. The van der Waals surface area contributed by atoms with Gasteiger partial charge in [-0.15, -0.1) is 0 Å². The summed E-state index contributed by atoms with van der Waals surface area (Å²) in [7, 11) is 3.86. The van der Waals surface area contributed by atoms with Gasteiger partial charge in [-0.2, -0.15) is 0 Å². The molecule has 0 saturated carbocycles. The molecule has 0 aromatic heterocycles. The van der Waals surface area contributed by atoms with Crippen LogP contribution in [0, 0.1) is 5.92 Å². The van der Waals surface area contributed by atoms with Gasteiger partial charge in [0, 0.05) is 59.7 Å². The molecule has 0 radical (unpaired) electrons. The monoisotopic (exact) mass is 372 g/mol. The number of nitrogens with zero attached hydrogens (tertiary/aromatic N) is 2. The van der Waals surface area contributed by atoms with Gasteiger partial charge in [0.1, 0.15) is 0 Å². The Labute approximate surface area is 159 Å². The maximum absolute atomic E-state index is 5.79. The molecular formula is C19H40N4O3. The van der Waals surface area contributed by atoms with E-state index in [2.05, 4.69) is 34.5 Å². The second-order valence-corrected chi connectivity index (χ2v) is 6.82. The zero-order valence-corrected chi connectivity index (χ0v) is 17.1. The largest absolute Gasteiger partial charge is 0.383 e. The minimum Gasteiger partial charge on any atom is -0.383 e. The van der Waals surface area contributed by atoms with E-state index in [0.717, 1.165) is 97.4 Å². The molecule has 0 bridgehead atoms. The van der Waals surface area contributed by atoms with Crippen molar-refractivity contribution in [3.8, 4) is 0 Å². The quantitative estimate of drug-likeness (QED) is 0.273. The Kier molecular flexibility index (Phi) is 14.5. The van der Waals surface area contributed by atoms with Crippen LogP contribution in [0.3, 0.4) is 0 Å². The number of nitrogens with one attached hydrogen (secondary N) is 2. The van der Waals surface area contributed by atoms with Crippen LogP contribution in [0.2, 0.25) is 0 Å². The highest BCUT2D eigenvalue weighted by Crippen LogP contribution is 2.14. The van der Waals surface area contributed by atoms with Crippen LogP contribution < -0.4 is 10.6 Å². The SMILES string of the molecule is CCNC(=NCCCOCC1CCOCC1)NCCCN(C)CCOC. The zero-order valence-electron chi connectivity index (χ0n) is 17.1. The van der Waals surface area contributed by atoms with E-state index in [4.69, 9.17) is 14.2 Å². The molecule has 0 amide bonds. The maximum atomic E-state index is 5.79. The van der Waals surface area contributed by atoms with E-state index >= 15 is 0 Å². The number of aliphatic imine (C=N–C) groups is 1. The van der Waals surface area contributed by atoms with Gasteiger partial charge >= 0.3 is 0 Å². The number of methoxy groups -OCH3 is 1. The van der Waals surface area contributed by atoms with Crippen LogP contribution in [0.4, 0.5) is 0 Å². The molecule has 1 saturated heterocycles. The fourth-order valence-corrected chi connectivity index (χ4v) is 2.78. The lowest BCUT2D eigenvalue weighted by Crippen LogP contribution is -2.38. The second-order valence-electron chi connectivity index (χ2n) is 6.82. The van der Waals surface area contributed by atoms with Crippen molar-refractivity contribution in [2.75, 3.05) is 79.9 Å². The van der Waals surface area contributed by atoms with Crippen LogP contribution in [0.15, 0.2) is 4.99 Å². The first-order valence-corrected chi connectivity index (χ1v) is 10.1. The van der Waals surface area contributed by atoms with Gasteiger partial charge in [-0.25, -0.2) is 0 Å². The van der Waals surface area contributed by atoms with Crippen LogP contribution in [-0.2, 0) is 14.2 Å². The van der Waals surface area contributed by atoms with Crippen LogP contribution in [-0.4, -0.2) is 90.8 Å². The van der Waals surface area contributed by atoms with E-state index in [9.17, 15) is 0 Å². The molecule has 7 heteroatoms. The van der Waals surface area contributed by atoms with Gasteiger partial charge in [0.25, 0.3) is 0 Å². The van der Waals surface area contributed by atoms with E-state index in [1.54, 1.807) is 7.11 Å². The van der Waals surface area contributed by atoms with Gasteiger partial charge in [0.2, 0.25) is 0 Å². The molecule has 0 aliphatic carbocycles. The van der Waals surface area contributed by atoms with Gasteiger partial charge in [0.15, 0.2) is 5.96 Å². The van der Waals surface area contributed by atoms with E-state index in [1.807, 2.05) is 0 Å². The molecule has 0 atom stereocenters. The molecule has 7 nitrogen and oxygen atoms in total. The average Bonchev–Trinajstić information content (AvgIpc) is 2.66. The lowest BCUT2D eigenvalue weighted by Gasteiger charge is -2.21. The molecule has 154 valence electrons. The summed E-state index contributed by atoms with van der Waals surface area (Å²) >= 11 is 0. The number of guanidine groups is 1. The summed E-state index contributed by atoms with van der Waals surface area (Å²) in [5, 5.41) is 6.70. The van der Waals surface area contributed by atoms with Crippen molar-refractivity contribution in [2.45, 2.75) is 32.6 Å². The molecule has 1 rings (SSSR count). The van der Waals surface area contributed by atoms with Crippen molar-refractivity contribution in [1.82, 2.24) is 15.5 Å². The minimum atomic E-state index is 0.674. The highest BCUT2D eigenvalue weighted by atomic mass is 16.5. The van der Waals surface area contributed by atoms with E-state index < -0.39 is 0 Å². The molecule has 0 unspecified atom stereocenters. The Balaban J connectivity index is 2.06. The fourth-order valence-electron chi connectivity index (χ4n) is 2.78. The Hall–Kier alpha value is -0.890. The Morgan fingerprint density at radius 1 is 1.15 bits per heavy atom. The highest BCUT2D eigenvalue weighted by molar-refractivity contribution is 5.79. The third kappa shape index (κ3) is 12.5. The third-order valence-electron chi connectivity index (χ3n) is 4.44. The molecule has 0 aromatic carbocycles. The second kappa shape index (κ2) is 16.3. The van der Waals surface area contributed by atoms with Gasteiger partial charge in [-0.3, -0.25) is 4.99 Å². The number of ether oxygens (including phenoxy) is 3. The van der Waals surface area contributed by atoms with Crippen LogP contribution in [0.5, 0.6) is 0 Å². The topological polar surface area (TPSA) is 67.4 Å². The molecule has 0 spiro atoms. The van der Waals surface area contributed by atoms with Gasteiger partial charge in [-0.1, -0.05) is 0 Å². The number of likely N-dealkylation sites (N-methyl/N-ethyl adjacent to an activating group) is 1. The summed E-state index contributed by atoms with van der Waals surface area (Å²) in [6.45, 7) is 10.9. The first-order chi connectivity index (χ1) is 12.8. The normalized spacial score (nSPS) is 16.2. The van der Waals surface area contributed by atoms with E-state index in [1.165, 1.54) is 0 Å². The van der Waals surface area contributed by atoms with Crippen LogP contribution in [0.1, 0.15) is 32.6 Å². The molecule has 26 heavy (non-hydrogen) atoms. The maximum Gasteiger partial charge on any atom is 0.191 e.